The molecule has 2 aliphatic heterocycles. The molecule has 2 aliphatic rings. The number of imidazole rings is 1. The monoisotopic (exact) mass is 362 g/mol. The van der Waals surface area contributed by atoms with Gasteiger partial charge in [-0.05, 0) is 6.07 Å². The third-order valence-electron chi connectivity index (χ3n) is 5.50. The zero-order chi connectivity index (χ0) is 18.2. The Kier molecular flexibility index (Phi) is 4.10. The van der Waals surface area contributed by atoms with Crippen LogP contribution < -0.4 is 5.32 Å². The second kappa shape index (κ2) is 6.75. The summed E-state index contributed by atoms with van der Waals surface area (Å²) in [5, 5.41) is 2.99. The van der Waals surface area contributed by atoms with Gasteiger partial charge in [0.05, 0.1) is 11.4 Å². The van der Waals surface area contributed by atoms with Crippen molar-refractivity contribution in [2.24, 2.45) is 0 Å². The minimum absolute atomic E-state index is 0.0509. The first-order chi connectivity index (χ1) is 13.3. The average Bonchev–Trinajstić information content (AvgIpc) is 3.08. The molecule has 0 spiro atoms. The zero-order valence-corrected chi connectivity index (χ0v) is 15.1. The van der Waals surface area contributed by atoms with Crippen molar-refractivity contribution in [3.05, 3.63) is 54.5 Å². The second-order valence-electron chi connectivity index (χ2n) is 7.14. The van der Waals surface area contributed by atoms with E-state index in [0.717, 1.165) is 56.2 Å². The Hall–Kier alpha value is -2.77. The van der Waals surface area contributed by atoms with E-state index in [-0.39, 0.29) is 11.9 Å². The van der Waals surface area contributed by atoms with Crippen molar-refractivity contribution in [3.63, 3.8) is 0 Å². The fourth-order valence-corrected chi connectivity index (χ4v) is 4.10. The van der Waals surface area contributed by atoms with Crippen LogP contribution in [0, 0.1) is 0 Å². The number of carbonyl (C=O) groups is 1. The van der Waals surface area contributed by atoms with Gasteiger partial charge >= 0.3 is 0 Å². The van der Waals surface area contributed by atoms with Gasteiger partial charge in [0.15, 0.2) is 0 Å². The van der Waals surface area contributed by atoms with Gasteiger partial charge in [-0.2, -0.15) is 0 Å². The van der Waals surface area contributed by atoms with Crippen molar-refractivity contribution in [3.8, 4) is 11.3 Å². The van der Waals surface area contributed by atoms with Crippen molar-refractivity contribution >= 4 is 11.7 Å². The molecule has 3 aromatic rings. The maximum absolute atomic E-state index is 12.3. The molecule has 0 radical (unpaired) electrons. The fraction of sp³-hybridized carbons (Fsp3) is 0.350. The van der Waals surface area contributed by atoms with Gasteiger partial charge in [-0.1, -0.05) is 30.3 Å². The highest BCUT2D eigenvalue weighted by molar-refractivity contribution is 5.82. The van der Waals surface area contributed by atoms with E-state index in [1.165, 1.54) is 0 Å². The second-order valence-corrected chi connectivity index (χ2v) is 7.14. The molecule has 1 aromatic carbocycles. The largest absolute Gasteiger partial charge is 0.353 e. The Morgan fingerprint density at radius 3 is 2.89 bits per heavy atom. The van der Waals surface area contributed by atoms with Crippen LogP contribution in [0.15, 0.2) is 48.8 Å². The number of benzene rings is 1. The lowest BCUT2D eigenvalue weighted by Crippen LogP contribution is -2.63. The van der Waals surface area contributed by atoms with E-state index in [2.05, 4.69) is 36.6 Å². The van der Waals surface area contributed by atoms with Crippen LogP contribution >= 0.6 is 0 Å². The van der Waals surface area contributed by atoms with E-state index in [0.29, 0.717) is 5.78 Å². The number of nitrogens with one attached hydrogen (secondary N) is 1. The van der Waals surface area contributed by atoms with E-state index < -0.39 is 0 Å². The van der Waals surface area contributed by atoms with Crippen LogP contribution in [-0.4, -0.2) is 68.8 Å². The third-order valence-corrected chi connectivity index (χ3v) is 5.50. The van der Waals surface area contributed by atoms with Crippen molar-refractivity contribution < 1.29 is 4.79 Å². The molecule has 1 N–H and O–H groups in total. The molecule has 0 saturated carbocycles. The van der Waals surface area contributed by atoms with E-state index in [1.54, 1.807) is 6.20 Å². The minimum Gasteiger partial charge on any atom is -0.353 e. The lowest BCUT2D eigenvalue weighted by molar-refractivity contribution is -0.132. The molecular weight excluding hydrogens is 340 g/mol. The van der Waals surface area contributed by atoms with Crippen LogP contribution in [0.25, 0.3) is 17.0 Å². The SMILES string of the molecule is O=C1NCCN2CCN(Cc3c(-c4ccccc4)nc4ncccn34)C[C@@H]12. The molecule has 0 unspecified atom stereocenters. The molecule has 1 atom stereocenters. The van der Waals surface area contributed by atoms with Gasteiger partial charge in [0, 0.05) is 57.2 Å². The number of hydrogen-bond acceptors (Lipinski definition) is 5. The van der Waals surface area contributed by atoms with Crippen LogP contribution in [-0.2, 0) is 11.3 Å². The summed E-state index contributed by atoms with van der Waals surface area (Å²) in [5.41, 5.74) is 3.17. The molecule has 2 aromatic heterocycles. The zero-order valence-electron chi connectivity index (χ0n) is 15.1. The molecule has 138 valence electrons. The average molecular weight is 362 g/mol. The summed E-state index contributed by atoms with van der Waals surface area (Å²) in [4.78, 5) is 26.1. The third kappa shape index (κ3) is 2.98. The number of rotatable bonds is 3. The van der Waals surface area contributed by atoms with Crippen molar-refractivity contribution in [1.82, 2.24) is 29.5 Å². The maximum Gasteiger partial charge on any atom is 0.238 e. The molecule has 2 saturated heterocycles. The van der Waals surface area contributed by atoms with E-state index in [1.807, 2.05) is 30.5 Å². The van der Waals surface area contributed by atoms with Crippen LogP contribution in [0.4, 0.5) is 0 Å². The standard InChI is InChI=1S/C20H22N6O/c27-19-17-14-24(11-12-25(17)10-8-21-19)13-16-18(15-5-2-1-3-6-15)23-20-22-7-4-9-26(16)20/h1-7,9,17H,8,10-14H2,(H,21,27)/t17-/m0/s1. The van der Waals surface area contributed by atoms with Gasteiger partial charge < -0.3 is 5.32 Å². The molecule has 7 heteroatoms. The van der Waals surface area contributed by atoms with Gasteiger partial charge in [-0.3, -0.25) is 19.0 Å². The van der Waals surface area contributed by atoms with Gasteiger partial charge in [-0.25, -0.2) is 9.97 Å². The van der Waals surface area contributed by atoms with E-state index >= 15 is 0 Å². The molecule has 4 heterocycles. The van der Waals surface area contributed by atoms with Gasteiger partial charge in [0.1, 0.15) is 6.04 Å². The topological polar surface area (TPSA) is 65.8 Å². The highest BCUT2D eigenvalue weighted by Crippen LogP contribution is 2.26. The Morgan fingerprint density at radius 2 is 2.00 bits per heavy atom. The Morgan fingerprint density at radius 1 is 1.11 bits per heavy atom. The number of amides is 1. The van der Waals surface area contributed by atoms with Gasteiger partial charge in [0.2, 0.25) is 11.7 Å². The molecule has 0 aliphatic carbocycles. The molecule has 1 amide bonds. The highest BCUT2D eigenvalue weighted by atomic mass is 16.2. The van der Waals surface area contributed by atoms with Crippen molar-refractivity contribution in [2.45, 2.75) is 12.6 Å². The summed E-state index contributed by atoms with van der Waals surface area (Å²) < 4.78 is 2.07. The molecule has 27 heavy (non-hydrogen) atoms. The summed E-state index contributed by atoms with van der Waals surface area (Å²) in [6.45, 7) is 5.06. The first-order valence-electron chi connectivity index (χ1n) is 9.41. The first-order valence-corrected chi connectivity index (χ1v) is 9.41. The summed E-state index contributed by atoms with van der Waals surface area (Å²) >= 11 is 0. The number of hydrogen-bond donors (Lipinski definition) is 1. The molecule has 0 bridgehead atoms. The van der Waals surface area contributed by atoms with Crippen molar-refractivity contribution in [2.75, 3.05) is 32.7 Å². The lowest BCUT2D eigenvalue weighted by atomic mass is 10.1. The highest BCUT2D eigenvalue weighted by Gasteiger charge is 2.35. The Bertz CT molecular complexity index is 969. The summed E-state index contributed by atoms with van der Waals surface area (Å²) in [6, 6.07) is 12.1. The summed E-state index contributed by atoms with van der Waals surface area (Å²) in [5.74, 6) is 0.856. The summed E-state index contributed by atoms with van der Waals surface area (Å²) in [7, 11) is 0. The lowest BCUT2D eigenvalue weighted by Gasteiger charge is -2.43. The normalized spacial score (nSPS) is 21.2. The number of carbonyl (C=O) groups excluding carboxylic acids is 1. The van der Waals surface area contributed by atoms with Crippen LogP contribution in [0.5, 0.6) is 0 Å². The molecule has 2 fully saturated rings. The molecular formula is C20H22N6O. The predicted octanol–water partition coefficient (Wildman–Crippen LogP) is 1.01. The number of aromatic nitrogens is 3. The van der Waals surface area contributed by atoms with Gasteiger partial charge in [0.25, 0.3) is 0 Å². The Balaban J connectivity index is 1.48. The van der Waals surface area contributed by atoms with E-state index in [4.69, 9.17) is 4.98 Å². The molecule has 7 nitrogen and oxygen atoms in total. The summed E-state index contributed by atoms with van der Waals surface area (Å²) in [6.07, 6.45) is 3.78. The number of nitrogens with zero attached hydrogens (tertiary/aromatic N) is 5. The van der Waals surface area contributed by atoms with Gasteiger partial charge in [-0.15, -0.1) is 0 Å². The minimum atomic E-state index is -0.0509. The predicted molar refractivity (Wildman–Crippen MR) is 102 cm³/mol. The van der Waals surface area contributed by atoms with Crippen LogP contribution in [0.2, 0.25) is 0 Å². The maximum atomic E-state index is 12.3. The van der Waals surface area contributed by atoms with E-state index in [9.17, 15) is 4.79 Å². The van der Waals surface area contributed by atoms with Crippen molar-refractivity contribution in [1.29, 1.82) is 0 Å². The Labute approximate surface area is 157 Å². The smallest absolute Gasteiger partial charge is 0.238 e. The fourth-order valence-electron chi connectivity index (χ4n) is 4.10. The number of fused-ring (bicyclic) bond motifs is 2. The molecule has 5 rings (SSSR count). The number of piperazine rings is 2. The van der Waals surface area contributed by atoms with Crippen LogP contribution in [0.1, 0.15) is 5.69 Å². The first kappa shape index (κ1) is 16.4. The van der Waals surface area contributed by atoms with Crippen LogP contribution in [0.3, 0.4) is 0 Å². The quantitative estimate of drug-likeness (QED) is 0.753.